The highest BCUT2D eigenvalue weighted by Gasteiger charge is 2.33. The first-order valence-corrected chi connectivity index (χ1v) is 14.7. The van der Waals surface area contributed by atoms with Gasteiger partial charge in [-0.1, -0.05) is 0 Å². The number of alkyl carbamates (subject to hydrolysis) is 1. The molecular formula is C32H37N7O4. The minimum Gasteiger partial charge on any atom is -0.494 e. The van der Waals surface area contributed by atoms with Crippen LogP contribution in [-0.2, 0) is 18.3 Å². The summed E-state index contributed by atoms with van der Waals surface area (Å²) >= 11 is 0. The molecule has 2 fully saturated rings. The number of aromatic nitrogens is 4. The van der Waals surface area contributed by atoms with Crippen LogP contribution in [0.1, 0.15) is 50.4 Å². The van der Waals surface area contributed by atoms with E-state index in [0.717, 1.165) is 34.6 Å². The number of piperidine rings is 1. The third-order valence-corrected chi connectivity index (χ3v) is 8.06. The Balaban J connectivity index is 1.34. The summed E-state index contributed by atoms with van der Waals surface area (Å²) in [6.07, 6.45) is 4.11. The third kappa shape index (κ3) is 5.74. The lowest BCUT2D eigenvalue weighted by Gasteiger charge is -2.36. The molecule has 3 aromatic heterocycles. The number of methoxy groups -OCH3 is 1. The lowest BCUT2D eigenvalue weighted by atomic mass is 9.95. The molecule has 2 atom stereocenters. The van der Waals surface area contributed by atoms with Gasteiger partial charge in [-0.25, -0.2) is 14.8 Å². The molecule has 0 bridgehead atoms. The molecule has 1 saturated carbocycles. The second-order valence-corrected chi connectivity index (χ2v) is 12.7. The van der Waals surface area contributed by atoms with Gasteiger partial charge in [0.25, 0.3) is 5.91 Å². The summed E-state index contributed by atoms with van der Waals surface area (Å²) < 4.78 is 15.4. The molecule has 11 heteroatoms. The van der Waals surface area contributed by atoms with Gasteiger partial charge in [0.05, 0.1) is 36.3 Å². The lowest BCUT2D eigenvalue weighted by Crippen LogP contribution is -2.53. The molecule has 2 aliphatic rings. The molecule has 1 aromatic carbocycles. The number of hydrogen-bond donors (Lipinski definition) is 1. The van der Waals surface area contributed by atoms with Crippen molar-refractivity contribution in [2.45, 2.75) is 58.2 Å². The Bertz CT molecular complexity index is 1760. The Morgan fingerprint density at radius 2 is 1.98 bits per heavy atom. The largest absolute Gasteiger partial charge is 0.494 e. The number of likely N-dealkylation sites (tertiary alicyclic amines) is 1. The summed E-state index contributed by atoms with van der Waals surface area (Å²) in [5.74, 6) is 1.25. The van der Waals surface area contributed by atoms with Gasteiger partial charge in [-0.05, 0) is 76.3 Å². The van der Waals surface area contributed by atoms with Crippen LogP contribution >= 0.6 is 0 Å². The number of hydrogen-bond acceptors (Lipinski definition) is 7. The normalized spacial score (nSPS) is 18.9. The van der Waals surface area contributed by atoms with Gasteiger partial charge in [0.2, 0.25) is 0 Å². The second-order valence-electron chi connectivity index (χ2n) is 12.7. The number of ether oxygens (including phenoxy) is 2. The van der Waals surface area contributed by atoms with Crippen molar-refractivity contribution in [3.05, 3.63) is 42.1 Å². The highest BCUT2D eigenvalue weighted by Crippen LogP contribution is 2.37. The maximum atomic E-state index is 13.9. The van der Waals surface area contributed by atoms with Crippen LogP contribution < -0.4 is 10.1 Å². The summed E-state index contributed by atoms with van der Waals surface area (Å²) in [7, 11) is 3.54. The van der Waals surface area contributed by atoms with Crippen LogP contribution in [0.25, 0.3) is 33.6 Å². The zero-order valence-corrected chi connectivity index (χ0v) is 25.3. The number of rotatable bonds is 6. The fraction of sp³-hybridized carbons (Fsp3) is 0.469. The Morgan fingerprint density at radius 1 is 1.19 bits per heavy atom. The number of carbonyl (C=O) groups is 2. The van der Waals surface area contributed by atoms with Crippen LogP contribution in [0.3, 0.4) is 0 Å². The number of aryl methyl sites for hydroxylation is 1. The van der Waals surface area contributed by atoms with Crippen LogP contribution in [0.4, 0.5) is 4.79 Å². The third-order valence-electron chi connectivity index (χ3n) is 8.06. The molecule has 2 amide bonds. The van der Waals surface area contributed by atoms with Crippen molar-refractivity contribution in [2.24, 2.45) is 18.9 Å². The second kappa shape index (κ2) is 10.9. The van der Waals surface area contributed by atoms with E-state index < -0.39 is 23.7 Å². The number of fused-ring (bicyclic) bond motifs is 2. The summed E-state index contributed by atoms with van der Waals surface area (Å²) in [6.45, 7) is 6.78. The van der Waals surface area contributed by atoms with Gasteiger partial charge in [0, 0.05) is 43.8 Å². The predicted octanol–water partition coefficient (Wildman–Crippen LogP) is 4.89. The van der Waals surface area contributed by atoms with E-state index in [4.69, 9.17) is 14.5 Å². The smallest absolute Gasteiger partial charge is 0.407 e. The zero-order valence-electron chi connectivity index (χ0n) is 25.3. The van der Waals surface area contributed by atoms with Gasteiger partial charge in [-0.15, -0.1) is 0 Å². The molecule has 43 heavy (non-hydrogen) atoms. The number of pyridine rings is 1. The predicted molar refractivity (Wildman–Crippen MR) is 161 cm³/mol. The highest BCUT2D eigenvalue weighted by molar-refractivity contribution is 6.00. The topological polar surface area (TPSA) is 127 Å². The van der Waals surface area contributed by atoms with Crippen LogP contribution in [0.15, 0.2) is 36.5 Å². The van der Waals surface area contributed by atoms with E-state index >= 15 is 0 Å². The first kappa shape index (κ1) is 28.5. The molecule has 0 spiro atoms. The van der Waals surface area contributed by atoms with Gasteiger partial charge in [0.15, 0.2) is 5.82 Å². The maximum absolute atomic E-state index is 13.9. The number of nitriles is 1. The van der Waals surface area contributed by atoms with Gasteiger partial charge in [0.1, 0.15) is 22.5 Å². The molecule has 1 aliphatic carbocycles. The van der Waals surface area contributed by atoms with Crippen molar-refractivity contribution in [3.63, 3.8) is 0 Å². The number of amides is 2. The molecular weight excluding hydrogens is 546 g/mol. The standard InChI is InChI=1S/C32H37N7O4/c1-32(2,3)43-31(41)35-23-11-20(15-33)16-38(18-23)30(40)22-12-24-27(26(14-22)42-5)37(4)29(36-24)25-13-21-7-6-10-34-28(21)39(25)17-19-8-9-19/h6-7,10,12-14,19-20,23H,8-9,11,16-18H2,1-5H3,(H,35,41)/t20-,23-/m1/s1. The molecule has 0 radical (unpaired) electrons. The number of nitrogens with zero attached hydrogens (tertiary/aromatic N) is 6. The van der Waals surface area contributed by atoms with Gasteiger partial charge in [-0.3, -0.25) is 4.79 Å². The van der Waals surface area contributed by atoms with E-state index in [-0.39, 0.29) is 19.0 Å². The van der Waals surface area contributed by atoms with Crippen LogP contribution in [-0.4, -0.2) is 67.8 Å². The van der Waals surface area contributed by atoms with Gasteiger partial charge < -0.3 is 28.8 Å². The Kier molecular flexibility index (Phi) is 7.24. The molecule has 0 unspecified atom stereocenters. The van der Waals surface area contributed by atoms with Crippen LogP contribution in [0, 0.1) is 23.2 Å². The molecule has 1 saturated heterocycles. The molecule has 11 nitrogen and oxygen atoms in total. The monoisotopic (exact) mass is 583 g/mol. The van der Waals surface area contributed by atoms with Crippen molar-refractivity contribution < 1.29 is 19.1 Å². The first-order chi connectivity index (χ1) is 20.5. The van der Waals surface area contributed by atoms with Crippen molar-refractivity contribution >= 4 is 34.1 Å². The van der Waals surface area contributed by atoms with E-state index in [1.54, 1.807) is 44.9 Å². The number of nitrogens with one attached hydrogen (secondary N) is 1. The highest BCUT2D eigenvalue weighted by atomic mass is 16.6. The van der Waals surface area contributed by atoms with E-state index in [0.29, 0.717) is 29.2 Å². The van der Waals surface area contributed by atoms with Gasteiger partial charge in [-0.2, -0.15) is 5.26 Å². The van der Waals surface area contributed by atoms with Crippen LogP contribution in [0.5, 0.6) is 5.75 Å². The van der Waals surface area contributed by atoms with Gasteiger partial charge >= 0.3 is 6.09 Å². The lowest BCUT2D eigenvalue weighted by molar-refractivity contribution is 0.0435. The minimum absolute atomic E-state index is 0.254. The summed E-state index contributed by atoms with van der Waals surface area (Å²) in [5, 5.41) is 13.6. The Morgan fingerprint density at radius 3 is 2.67 bits per heavy atom. The number of benzene rings is 1. The molecule has 4 heterocycles. The quantitative estimate of drug-likeness (QED) is 0.342. The Labute approximate surface area is 250 Å². The molecule has 224 valence electrons. The van der Waals surface area contributed by atoms with Crippen molar-refractivity contribution in [1.29, 1.82) is 5.26 Å². The Hall–Kier alpha value is -4.59. The van der Waals surface area contributed by atoms with E-state index in [1.807, 2.05) is 23.9 Å². The summed E-state index contributed by atoms with van der Waals surface area (Å²) in [4.78, 5) is 37.6. The summed E-state index contributed by atoms with van der Waals surface area (Å²) in [6, 6.07) is 11.5. The van der Waals surface area contributed by atoms with E-state index in [9.17, 15) is 14.9 Å². The maximum Gasteiger partial charge on any atom is 0.407 e. The SMILES string of the molecule is COc1cc(C(=O)N2C[C@@H](C#N)C[C@@H](NC(=O)OC(C)(C)C)C2)cc2nc(-c3cc4cccnc4n3CC3CC3)n(C)c12. The molecule has 4 aromatic rings. The average molecular weight is 584 g/mol. The fourth-order valence-corrected chi connectivity index (χ4v) is 5.95. The van der Waals surface area contributed by atoms with Crippen molar-refractivity contribution in [1.82, 2.24) is 29.3 Å². The zero-order chi connectivity index (χ0) is 30.5. The first-order valence-electron chi connectivity index (χ1n) is 14.7. The van der Waals surface area contributed by atoms with Crippen LogP contribution in [0.2, 0.25) is 0 Å². The number of carbonyl (C=O) groups excluding carboxylic acids is 2. The molecule has 1 aliphatic heterocycles. The van der Waals surface area contributed by atoms with E-state index in [2.05, 4.69) is 33.1 Å². The summed E-state index contributed by atoms with van der Waals surface area (Å²) in [5.41, 5.74) is 3.07. The van der Waals surface area contributed by atoms with Crippen molar-refractivity contribution in [2.75, 3.05) is 20.2 Å². The van der Waals surface area contributed by atoms with E-state index in [1.165, 1.54) is 12.8 Å². The average Bonchev–Trinajstić information content (AvgIpc) is 3.63. The minimum atomic E-state index is -0.654. The molecule has 1 N–H and O–H groups in total. The molecule has 6 rings (SSSR count). The fourth-order valence-electron chi connectivity index (χ4n) is 5.95. The van der Waals surface area contributed by atoms with Crippen molar-refractivity contribution in [3.8, 4) is 23.3 Å². The number of imidazole rings is 1.